The van der Waals surface area contributed by atoms with Crippen LogP contribution in [0.25, 0.3) is 0 Å². The van der Waals surface area contributed by atoms with E-state index in [2.05, 4.69) is 60.2 Å². The lowest BCUT2D eigenvalue weighted by Crippen LogP contribution is -2.27. The number of benzene rings is 1. The number of halogens is 1. The van der Waals surface area contributed by atoms with Gasteiger partial charge in [0.1, 0.15) is 5.75 Å². The van der Waals surface area contributed by atoms with Crippen molar-refractivity contribution < 1.29 is 4.74 Å². The SMILES string of the molecule is CCCOc1ccc(CCC(C)(C)CNC)cc1Br. The molecule has 108 valence electrons. The minimum absolute atomic E-state index is 0.332. The number of hydrogen-bond acceptors (Lipinski definition) is 2. The Kier molecular flexibility index (Phi) is 6.87. The van der Waals surface area contributed by atoms with Crippen molar-refractivity contribution in [1.29, 1.82) is 0 Å². The van der Waals surface area contributed by atoms with Gasteiger partial charge in [0.2, 0.25) is 0 Å². The Balaban J connectivity index is 2.58. The Labute approximate surface area is 126 Å². The first kappa shape index (κ1) is 16.5. The van der Waals surface area contributed by atoms with E-state index in [0.717, 1.165) is 36.2 Å². The summed E-state index contributed by atoms with van der Waals surface area (Å²) in [6.45, 7) is 8.54. The Bertz CT molecular complexity index is 390. The van der Waals surface area contributed by atoms with Gasteiger partial charge in [0, 0.05) is 0 Å². The molecular formula is C16H26BrNO. The average molecular weight is 328 g/mol. The summed E-state index contributed by atoms with van der Waals surface area (Å²) in [5.74, 6) is 0.945. The molecule has 0 aliphatic rings. The number of ether oxygens (including phenoxy) is 1. The summed E-state index contributed by atoms with van der Waals surface area (Å²) in [5.41, 5.74) is 1.69. The van der Waals surface area contributed by atoms with Gasteiger partial charge in [0.25, 0.3) is 0 Å². The van der Waals surface area contributed by atoms with Crippen LogP contribution in [0.3, 0.4) is 0 Å². The fraction of sp³-hybridized carbons (Fsp3) is 0.625. The average Bonchev–Trinajstić information content (AvgIpc) is 2.35. The normalized spacial score (nSPS) is 11.6. The molecule has 0 aliphatic carbocycles. The maximum absolute atomic E-state index is 5.67. The summed E-state index contributed by atoms with van der Waals surface area (Å²) in [6, 6.07) is 6.42. The number of rotatable bonds is 8. The van der Waals surface area contributed by atoms with E-state index in [1.807, 2.05) is 7.05 Å². The van der Waals surface area contributed by atoms with Crippen LogP contribution in [-0.4, -0.2) is 20.2 Å². The van der Waals surface area contributed by atoms with Gasteiger partial charge in [-0.25, -0.2) is 0 Å². The second kappa shape index (κ2) is 7.91. The minimum atomic E-state index is 0.332. The predicted octanol–water partition coefficient (Wildman–Crippen LogP) is 4.42. The van der Waals surface area contributed by atoms with Crippen LogP contribution in [0.2, 0.25) is 0 Å². The fourth-order valence-electron chi connectivity index (χ4n) is 2.08. The van der Waals surface area contributed by atoms with E-state index in [0.29, 0.717) is 5.41 Å². The quantitative estimate of drug-likeness (QED) is 0.763. The smallest absolute Gasteiger partial charge is 0.133 e. The highest BCUT2D eigenvalue weighted by atomic mass is 79.9. The van der Waals surface area contributed by atoms with E-state index < -0.39 is 0 Å². The summed E-state index contributed by atoms with van der Waals surface area (Å²) in [7, 11) is 2.01. The third-order valence-electron chi connectivity index (χ3n) is 3.20. The largest absolute Gasteiger partial charge is 0.492 e. The monoisotopic (exact) mass is 327 g/mol. The van der Waals surface area contributed by atoms with Gasteiger partial charge in [0.05, 0.1) is 11.1 Å². The molecule has 1 rings (SSSR count). The van der Waals surface area contributed by atoms with Crippen molar-refractivity contribution in [2.75, 3.05) is 20.2 Å². The molecule has 0 spiro atoms. The summed E-state index contributed by atoms with van der Waals surface area (Å²) in [5, 5.41) is 3.26. The Morgan fingerprint density at radius 3 is 2.63 bits per heavy atom. The molecule has 0 atom stereocenters. The van der Waals surface area contributed by atoms with E-state index in [4.69, 9.17) is 4.74 Å². The summed E-state index contributed by atoms with van der Waals surface area (Å²) in [6.07, 6.45) is 3.31. The van der Waals surface area contributed by atoms with Gasteiger partial charge in [-0.05, 0) is 71.9 Å². The highest BCUT2D eigenvalue weighted by molar-refractivity contribution is 9.10. The molecule has 0 aliphatic heterocycles. The molecule has 3 heteroatoms. The van der Waals surface area contributed by atoms with Crippen LogP contribution >= 0.6 is 15.9 Å². The molecule has 1 aromatic rings. The number of hydrogen-bond donors (Lipinski definition) is 1. The Morgan fingerprint density at radius 1 is 1.32 bits per heavy atom. The van der Waals surface area contributed by atoms with Gasteiger partial charge >= 0.3 is 0 Å². The number of nitrogens with one attached hydrogen (secondary N) is 1. The van der Waals surface area contributed by atoms with E-state index in [9.17, 15) is 0 Å². The van der Waals surface area contributed by atoms with Crippen molar-refractivity contribution in [3.8, 4) is 5.75 Å². The molecule has 0 saturated carbocycles. The van der Waals surface area contributed by atoms with Crippen molar-refractivity contribution in [3.63, 3.8) is 0 Å². The highest BCUT2D eigenvalue weighted by Crippen LogP contribution is 2.28. The predicted molar refractivity (Wildman–Crippen MR) is 86.0 cm³/mol. The van der Waals surface area contributed by atoms with E-state index in [1.165, 1.54) is 12.0 Å². The van der Waals surface area contributed by atoms with Crippen LogP contribution in [0.4, 0.5) is 0 Å². The first-order chi connectivity index (χ1) is 8.98. The zero-order valence-electron chi connectivity index (χ0n) is 12.6. The maximum Gasteiger partial charge on any atom is 0.133 e. The standard InChI is InChI=1S/C16H26BrNO/c1-5-10-19-15-7-6-13(11-14(15)17)8-9-16(2,3)12-18-4/h6-7,11,18H,5,8-10,12H2,1-4H3. The Hall–Kier alpha value is -0.540. The van der Waals surface area contributed by atoms with Crippen LogP contribution in [-0.2, 0) is 6.42 Å². The Morgan fingerprint density at radius 2 is 2.05 bits per heavy atom. The molecule has 0 saturated heterocycles. The molecule has 0 bridgehead atoms. The third kappa shape index (κ3) is 5.96. The van der Waals surface area contributed by atoms with E-state index in [1.54, 1.807) is 0 Å². The lowest BCUT2D eigenvalue weighted by molar-refractivity contribution is 0.314. The van der Waals surface area contributed by atoms with Crippen molar-refractivity contribution in [2.45, 2.75) is 40.0 Å². The molecule has 2 nitrogen and oxygen atoms in total. The molecule has 0 heterocycles. The minimum Gasteiger partial charge on any atom is -0.492 e. The van der Waals surface area contributed by atoms with Crippen molar-refractivity contribution in [2.24, 2.45) is 5.41 Å². The van der Waals surface area contributed by atoms with Crippen LogP contribution < -0.4 is 10.1 Å². The zero-order chi connectivity index (χ0) is 14.3. The van der Waals surface area contributed by atoms with E-state index >= 15 is 0 Å². The molecular weight excluding hydrogens is 302 g/mol. The second-order valence-corrected chi connectivity index (χ2v) is 6.66. The summed E-state index contributed by atoms with van der Waals surface area (Å²) >= 11 is 3.59. The van der Waals surface area contributed by atoms with Crippen molar-refractivity contribution in [3.05, 3.63) is 28.2 Å². The number of aryl methyl sites for hydroxylation is 1. The molecule has 1 aromatic carbocycles. The first-order valence-electron chi connectivity index (χ1n) is 7.04. The molecule has 1 N–H and O–H groups in total. The van der Waals surface area contributed by atoms with Gasteiger partial charge in [-0.15, -0.1) is 0 Å². The first-order valence-corrected chi connectivity index (χ1v) is 7.83. The lowest BCUT2D eigenvalue weighted by Gasteiger charge is -2.24. The second-order valence-electron chi connectivity index (χ2n) is 5.81. The van der Waals surface area contributed by atoms with Crippen molar-refractivity contribution in [1.82, 2.24) is 5.32 Å². The van der Waals surface area contributed by atoms with Crippen LogP contribution in [0.15, 0.2) is 22.7 Å². The molecule has 0 fully saturated rings. The fourth-order valence-corrected chi connectivity index (χ4v) is 2.62. The van der Waals surface area contributed by atoms with Gasteiger partial charge in [-0.1, -0.05) is 26.8 Å². The van der Waals surface area contributed by atoms with Crippen molar-refractivity contribution >= 4 is 15.9 Å². The topological polar surface area (TPSA) is 21.3 Å². The molecule has 0 amide bonds. The summed E-state index contributed by atoms with van der Waals surface area (Å²) in [4.78, 5) is 0. The van der Waals surface area contributed by atoms with Crippen LogP contribution in [0.1, 0.15) is 39.2 Å². The van der Waals surface area contributed by atoms with Gasteiger partial charge in [-0.3, -0.25) is 0 Å². The maximum atomic E-state index is 5.67. The van der Waals surface area contributed by atoms with Gasteiger partial charge in [-0.2, -0.15) is 0 Å². The highest BCUT2D eigenvalue weighted by Gasteiger charge is 2.16. The zero-order valence-corrected chi connectivity index (χ0v) is 14.1. The van der Waals surface area contributed by atoms with Gasteiger partial charge in [0.15, 0.2) is 0 Å². The van der Waals surface area contributed by atoms with Crippen LogP contribution in [0.5, 0.6) is 5.75 Å². The third-order valence-corrected chi connectivity index (χ3v) is 3.82. The van der Waals surface area contributed by atoms with Gasteiger partial charge < -0.3 is 10.1 Å². The molecule has 0 unspecified atom stereocenters. The lowest BCUT2D eigenvalue weighted by atomic mass is 9.86. The molecule has 0 aromatic heterocycles. The summed E-state index contributed by atoms with van der Waals surface area (Å²) < 4.78 is 6.73. The van der Waals surface area contributed by atoms with Crippen LogP contribution in [0, 0.1) is 5.41 Å². The molecule has 19 heavy (non-hydrogen) atoms. The van der Waals surface area contributed by atoms with E-state index in [-0.39, 0.29) is 0 Å². The molecule has 0 radical (unpaired) electrons.